The highest BCUT2D eigenvalue weighted by Crippen LogP contribution is 2.34. The van der Waals surface area contributed by atoms with Crippen molar-refractivity contribution in [2.75, 3.05) is 13.1 Å². The number of carbonyl (C=O) groups excluding carboxylic acids is 1. The fourth-order valence-electron chi connectivity index (χ4n) is 3.98. The van der Waals surface area contributed by atoms with Crippen molar-refractivity contribution < 1.29 is 9.90 Å². The monoisotopic (exact) mass is 430 g/mol. The summed E-state index contributed by atoms with van der Waals surface area (Å²) in [5.74, 6) is -0.252. The van der Waals surface area contributed by atoms with Crippen LogP contribution in [0.15, 0.2) is 54.3 Å². The molecule has 0 bridgehead atoms. The van der Waals surface area contributed by atoms with Gasteiger partial charge in [-0.25, -0.2) is 0 Å². The van der Waals surface area contributed by atoms with E-state index in [1.165, 1.54) is 0 Å². The Hall–Kier alpha value is -2.19. The van der Waals surface area contributed by atoms with Crippen LogP contribution in [-0.4, -0.2) is 44.7 Å². The zero-order chi connectivity index (χ0) is 20.4. The molecule has 3 heterocycles. The number of hydrogen-bond donors (Lipinski definition) is 2. The number of benzene rings is 1. The smallest absolute Gasteiger partial charge is 0.268 e. The van der Waals surface area contributed by atoms with Gasteiger partial charge in [0.05, 0.1) is 22.2 Å². The van der Waals surface area contributed by atoms with E-state index in [9.17, 15) is 9.90 Å². The predicted octanol–water partition coefficient (Wildman–Crippen LogP) is 3.03. The summed E-state index contributed by atoms with van der Waals surface area (Å²) in [6, 6.07) is 11.3. The Kier molecular flexibility index (Phi) is 5.74. The van der Waals surface area contributed by atoms with E-state index >= 15 is 0 Å². The maximum atomic E-state index is 13.1. The van der Waals surface area contributed by atoms with E-state index in [4.69, 9.17) is 11.6 Å². The number of aliphatic hydroxyl groups excluding tert-OH is 1. The van der Waals surface area contributed by atoms with Gasteiger partial charge < -0.3 is 15.0 Å². The second-order valence-electron chi connectivity index (χ2n) is 7.41. The van der Waals surface area contributed by atoms with Gasteiger partial charge in [0.15, 0.2) is 0 Å². The van der Waals surface area contributed by atoms with Crippen LogP contribution in [0.3, 0.4) is 0 Å². The molecule has 1 saturated heterocycles. The number of likely N-dealkylation sites (tertiary alicyclic amines) is 1. The molecule has 6 nitrogen and oxygen atoms in total. The van der Waals surface area contributed by atoms with E-state index in [1.807, 2.05) is 42.0 Å². The molecule has 29 heavy (non-hydrogen) atoms. The summed E-state index contributed by atoms with van der Waals surface area (Å²) in [5.41, 5.74) is 2.32. The van der Waals surface area contributed by atoms with Gasteiger partial charge in [-0.15, -0.1) is 11.3 Å². The first-order chi connectivity index (χ1) is 14.0. The number of nitrogens with one attached hydrogen (secondary N) is 1. The highest BCUT2D eigenvalue weighted by Gasteiger charge is 2.45. The number of rotatable bonds is 5. The molecule has 0 aliphatic carbocycles. The van der Waals surface area contributed by atoms with Crippen molar-refractivity contribution in [3.63, 3.8) is 0 Å². The molecular weight excluding hydrogens is 408 g/mol. The van der Waals surface area contributed by atoms with Gasteiger partial charge in [0.2, 0.25) is 0 Å². The maximum Gasteiger partial charge on any atom is 0.268 e. The third-order valence-electron chi connectivity index (χ3n) is 5.51. The van der Waals surface area contributed by atoms with Gasteiger partial charge in [-0.3, -0.25) is 14.7 Å². The molecule has 0 radical (unpaired) electrons. The zero-order valence-electron chi connectivity index (χ0n) is 16.1. The minimum absolute atomic E-state index is 0.252. The second-order valence-corrected chi connectivity index (χ2v) is 8.82. The lowest BCUT2D eigenvalue weighted by atomic mass is 9.78. The molecule has 152 valence electrons. The van der Waals surface area contributed by atoms with Gasteiger partial charge in [0.1, 0.15) is 5.69 Å². The van der Waals surface area contributed by atoms with E-state index in [0.717, 1.165) is 23.5 Å². The van der Waals surface area contributed by atoms with Crippen LogP contribution in [0.1, 0.15) is 27.3 Å². The molecule has 1 amide bonds. The molecule has 2 aromatic heterocycles. The lowest BCUT2D eigenvalue weighted by Crippen LogP contribution is -2.61. The molecule has 0 saturated carbocycles. The summed E-state index contributed by atoms with van der Waals surface area (Å²) in [7, 11) is 1.78. The fraction of sp³-hybridized carbons (Fsp3) is 0.333. The van der Waals surface area contributed by atoms with Gasteiger partial charge in [-0.05, 0) is 18.1 Å². The highest BCUT2D eigenvalue weighted by atomic mass is 35.5. The van der Waals surface area contributed by atoms with Gasteiger partial charge >= 0.3 is 0 Å². The van der Waals surface area contributed by atoms with Gasteiger partial charge in [-0.1, -0.05) is 41.9 Å². The number of β-amino-alcohol motifs (C(OH)–C–C–N with tert-alkyl or cyclic N) is 1. The van der Waals surface area contributed by atoms with Crippen molar-refractivity contribution >= 4 is 28.8 Å². The topological polar surface area (TPSA) is 70.4 Å². The summed E-state index contributed by atoms with van der Waals surface area (Å²) in [4.78, 5) is 20.6. The molecule has 0 spiro atoms. The van der Waals surface area contributed by atoms with Crippen LogP contribution in [0.25, 0.3) is 0 Å². The molecule has 1 aliphatic heterocycles. The number of aromatic nitrogens is 2. The van der Waals surface area contributed by atoms with Crippen molar-refractivity contribution in [2.45, 2.75) is 24.6 Å². The molecular formula is C21H23ClN4O2S. The van der Waals surface area contributed by atoms with E-state index in [0.29, 0.717) is 23.7 Å². The molecule has 1 aromatic carbocycles. The number of carbonyl (C=O) groups is 1. The Bertz CT molecular complexity index is 976. The molecule has 2 N–H and O–H groups in total. The third-order valence-corrected chi connectivity index (χ3v) is 6.49. The summed E-state index contributed by atoms with van der Waals surface area (Å²) in [5, 5.41) is 14.9. The molecule has 4 rings (SSSR count). The van der Waals surface area contributed by atoms with Crippen LogP contribution in [0.5, 0.6) is 0 Å². The van der Waals surface area contributed by atoms with Crippen LogP contribution >= 0.6 is 22.9 Å². The van der Waals surface area contributed by atoms with Crippen LogP contribution < -0.4 is 5.32 Å². The highest BCUT2D eigenvalue weighted by molar-refractivity contribution is 7.09. The molecule has 8 heteroatoms. The minimum atomic E-state index is -0.862. The molecule has 3 aromatic rings. The van der Waals surface area contributed by atoms with Gasteiger partial charge in [-0.2, -0.15) is 0 Å². The number of aryl methyl sites for hydroxylation is 1. The van der Waals surface area contributed by atoms with Gasteiger partial charge in [0, 0.05) is 44.0 Å². The SMILES string of the molecule is Cn1cc(Cl)cc1C(=O)N[C@@]1(c2ccccc2)CCN(Cc2cncs2)C[C@H]1O. The number of hydrogen-bond acceptors (Lipinski definition) is 5. The van der Waals surface area contributed by atoms with Crippen molar-refractivity contribution in [3.05, 3.63) is 75.5 Å². The van der Waals surface area contributed by atoms with Crippen molar-refractivity contribution in [3.8, 4) is 0 Å². The average molecular weight is 431 g/mol. The van der Waals surface area contributed by atoms with E-state index in [2.05, 4.69) is 15.2 Å². The fourth-order valence-corrected chi connectivity index (χ4v) is 4.87. The van der Waals surface area contributed by atoms with Crippen molar-refractivity contribution in [2.24, 2.45) is 7.05 Å². The number of nitrogens with zero attached hydrogens (tertiary/aromatic N) is 3. The maximum absolute atomic E-state index is 13.1. The Balaban J connectivity index is 1.60. The van der Waals surface area contributed by atoms with Crippen molar-refractivity contribution in [1.29, 1.82) is 0 Å². The quantitative estimate of drug-likeness (QED) is 0.652. The van der Waals surface area contributed by atoms with E-state index < -0.39 is 11.6 Å². The lowest BCUT2D eigenvalue weighted by Gasteiger charge is -2.46. The van der Waals surface area contributed by atoms with E-state index in [1.54, 1.807) is 35.2 Å². The van der Waals surface area contributed by atoms with E-state index in [-0.39, 0.29) is 5.91 Å². The largest absolute Gasteiger partial charge is 0.389 e. The Morgan fingerprint density at radius 1 is 1.41 bits per heavy atom. The summed E-state index contributed by atoms with van der Waals surface area (Å²) >= 11 is 7.67. The Morgan fingerprint density at radius 2 is 2.21 bits per heavy atom. The zero-order valence-corrected chi connectivity index (χ0v) is 17.7. The number of thiazole rings is 1. The summed E-state index contributed by atoms with van der Waals surface area (Å²) in [6.07, 6.45) is 3.39. The molecule has 1 fully saturated rings. The van der Waals surface area contributed by atoms with Gasteiger partial charge in [0.25, 0.3) is 5.91 Å². The average Bonchev–Trinajstić information content (AvgIpc) is 3.33. The predicted molar refractivity (Wildman–Crippen MR) is 114 cm³/mol. The summed E-state index contributed by atoms with van der Waals surface area (Å²) in [6.45, 7) is 1.95. The van der Waals surface area contributed by atoms with Crippen LogP contribution in [0.2, 0.25) is 5.02 Å². The second kappa shape index (κ2) is 8.28. The van der Waals surface area contributed by atoms with Crippen LogP contribution in [-0.2, 0) is 19.1 Å². The Labute approximate surface area is 178 Å². The normalized spacial score (nSPS) is 22.5. The summed E-state index contributed by atoms with van der Waals surface area (Å²) < 4.78 is 1.70. The number of piperidine rings is 1. The number of halogens is 1. The van der Waals surface area contributed by atoms with Crippen LogP contribution in [0, 0.1) is 0 Å². The van der Waals surface area contributed by atoms with Crippen molar-refractivity contribution in [1.82, 2.24) is 19.8 Å². The molecule has 1 aliphatic rings. The third kappa shape index (κ3) is 4.09. The molecule has 2 atom stereocenters. The first-order valence-electron chi connectivity index (χ1n) is 9.45. The standard InChI is InChI=1S/C21H23ClN4O2S/c1-25-11-16(22)9-18(25)20(28)24-21(15-5-3-2-4-6-15)7-8-26(13-19(21)27)12-17-10-23-14-29-17/h2-6,9-11,14,19,27H,7-8,12-13H2,1H3,(H,24,28)/t19-,21-/m1/s1. The first-order valence-corrected chi connectivity index (χ1v) is 10.7. The Morgan fingerprint density at radius 3 is 2.83 bits per heavy atom. The lowest BCUT2D eigenvalue weighted by molar-refractivity contribution is -0.0179. The molecule has 0 unspecified atom stereocenters. The number of amides is 1. The van der Waals surface area contributed by atoms with Crippen LogP contribution in [0.4, 0.5) is 0 Å². The number of aliphatic hydroxyl groups is 1. The first kappa shape index (κ1) is 20.1. The minimum Gasteiger partial charge on any atom is -0.389 e.